The highest BCUT2D eigenvalue weighted by Gasteiger charge is 2.41. The summed E-state index contributed by atoms with van der Waals surface area (Å²) in [4.78, 5) is 9.53. The van der Waals surface area contributed by atoms with Gasteiger partial charge in [0.05, 0.1) is 37.6 Å². The molecule has 0 aliphatic carbocycles. The van der Waals surface area contributed by atoms with E-state index in [9.17, 15) is 0 Å². The number of pyridine rings is 1. The Balaban J connectivity index is 1.59. The molecular weight excluding hydrogens is 422 g/mol. The van der Waals surface area contributed by atoms with Gasteiger partial charge in [-0.15, -0.1) is 0 Å². The van der Waals surface area contributed by atoms with Crippen LogP contribution in [0.5, 0.6) is 0 Å². The van der Waals surface area contributed by atoms with Gasteiger partial charge in [0, 0.05) is 57.4 Å². The smallest absolute Gasteiger partial charge is 0.170 e. The molecule has 0 amide bonds. The predicted molar refractivity (Wildman–Crippen MR) is 130 cm³/mol. The molecule has 2 aliphatic rings. The number of rotatable bonds is 9. The molecule has 2 aromatic rings. The lowest BCUT2D eigenvalue weighted by atomic mass is 9.96. The van der Waals surface area contributed by atoms with Gasteiger partial charge in [-0.05, 0) is 56.2 Å². The maximum absolute atomic E-state index is 5.84. The number of nitrogens with one attached hydrogen (secondary N) is 1. The monoisotopic (exact) mass is 457 g/mol. The van der Waals surface area contributed by atoms with Crippen LogP contribution in [0.2, 0.25) is 0 Å². The molecule has 4 rings (SSSR count). The van der Waals surface area contributed by atoms with Gasteiger partial charge in [0.25, 0.3) is 0 Å². The number of morpholine rings is 1. The number of hydrogen-bond donors (Lipinski definition) is 1. The first kappa shape index (κ1) is 23.2. The Morgan fingerprint density at radius 1 is 1.19 bits per heavy atom. The minimum Gasteiger partial charge on any atom is -0.383 e. The van der Waals surface area contributed by atoms with E-state index in [0.29, 0.717) is 6.61 Å². The fraction of sp³-hybridized carbons (Fsp3) is 0.583. The van der Waals surface area contributed by atoms with Crippen molar-refractivity contribution in [3.63, 3.8) is 0 Å². The number of nitrogens with zero attached hydrogens (tertiary/aromatic N) is 4. The quantitative estimate of drug-likeness (QED) is 0.581. The largest absolute Gasteiger partial charge is 0.383 e. The molecule has 2 saturated heterocycles. The van der Waals surface area contributed by atoms with E-state index in [4.69, 9.17) is 21.7 Å². The van der Waals surface area contributed by atoms with Crippen LogP contribution in [0.15, 0.2) is 30.5 Å². The molecule has 4 heterocycles. The minimum absolute atomic E-state index is 0.0310. The zero-order chi connectivity index (χ0) is 22.5. The van der Waals surface area contributed by atoms with Crippen molar-refractivity contribution < 1.29 is 9.47 Å². The van der Waals surface area contributed by atoms with E-state index in [1.165, 1.54) is 17.0 Å². The normalized spacial score (nSPS) is 21.8. The van der Waals surface area contributed by atoms with Gasteiger partial charge >= 0.3 is 0 Å². The Morgan fingerprint density at radius 3 is 2.72 bits per heavy atom. The van der Waals surface area contributed by atoms with Crippen LogP contribution in [0.25, 0.3) is 0 Å². The average Bonchev–Trinajstić information content (AvgIpc) is 3.29. The van der Waals surface area contributed by atoms with Crippen LogP contribution in [0.4, 0.5) is 0 Å². The Labute approximate surface area is 196 Å². The van der Waals surface area contributed by atoms with Crippen LogP contribution < -0.4 is 5.32 Å². The van der Waals surface area contributed by atoms with Gasteiger partial charge in [-0.2, -0.15) is 0 Å². The fourth-order valence-electron chi connectivity index (χ4n) is 4.93. The summed E-state index contributed by atoms with van der Waals surface area (Å²) in [5.74, 6) is 0. The minimum atomic E-state index is 0.0310. The van der Waals surface area contributed by atoms with Gasteiger partial charge in [0.1, 0.15) is 0 Å². The highest BCUT2D eigenvalue weighted by Crippen LogP contribution is 2.40. The van der Waals surface area contributed by atoms with Crippen LogP contribution >= 0.6 is 12.2 Å². The second-order valence-electron chi connectivity index (χ2n) is 8.60. The molecule has 2 aliphatic heterocycles. The van der Waals surface area contributed by atoms with E-state index in [2.05, 4.69) is 50.6 Å². The van der Waals surface area contributed by atoms with E-state index in [1.54, 1.807) is 7.11 Å². The summed E-state index contributed by atoms with van der Waals surface area (Å²) in [6, 6.07) is 8.56. The van der Waals surface area contributed by atoms with Gasteiger partial charge in [-0.1, -0.05) is 6.07 Å². The molecular formula is C24H35N5O2S. The number of aromatic nitrogens is 2. The third kappa shape index (κ3) is 4.98. The van der Waals surface area contributed by atoms with Gasteiger partial charge in [0.15, 0.2) is 5.11 Å². The van der Waals surface area contributed by atoms with Gasteiger partial charge < -0.3 is 24.3 Å². The van der Waals surface area contributed by atoms with Gasteiger partial charge in [-0.25, -0.2) is 0 Å². The topological polar surface area (TPSA) is 54.8 Å². The Hall–Kier alpha value is -2.00. The van der Waals surface area contributed by atoms with E-state index in [0.717, 1.165) is 63.2 Å². The van der Waals surface area contributed by atoms with Crippen molar-refractivity contribution in [1.82, 2.24) is 24.7 Å². The lowest BCUT2D eigenvalue weighted by Gasteiger charge is -2.30. The standard InChI is InChI=1S/C24H35N5O2S/c1-18-17-20(19(2)28(18)13-14-30-3)23-22(21-7-4-5-8-25-21)26-24(32)29(23)10-6-9-27-11-15-31-16-12-27/h4-5,7-8,17,22-23H,6,9-16H2,1-3H3,(H,26,32)/t22-,23-/m1/s1. The van der Waals surface area contributed by atoms with Crippen LogP contribution in [0.1, 0.15) is 41.1 Å². The summed E-state index contributed by atoms with van der Waals surface area (Å²) >= 11 is 5.84. The molecule has 0 radical (unpaired) electrons. The Morgan fingerprint density at radius 2 is 2.00 bits per heavy atom. The molecule has 8 heteroatoms. The molecule has 0 aromatic carbocycles. The molecule has 0 unspecified atom stereocenters. The molecule has 0 spiro atoms. The van der Waals surface area contributed by atoms with Crippen LogP contribution in [0, 0.1) is 13.8 Å². The van der Waals surface area contributed by atoms with E-state index in [1.807, 2.05) is 18.3 Å². The second-order valence-corrected chi connectivity index (χ2v) is 8.99. The zero-order valence-corrected chi connectivity index (χ0v) is 20.2. The van der Waals surface area contributed by atoms with Crippen molar-refractivity contribution in [2.75, 3.05) is 53.1 Å². The Bertz CT molecular complexity index is 897. The summed E-state index contributed by atoms with van der Waals surface area (Å²) in [6.07, 6.45) is 2.93. The van der Waals surface area contributed by atoms with Crippen molar-refractivity contribution >= 4 is 17.3 Å². The molecule has 1 N–H and O–H groups in total. The molecule has 174 valence electrons. The van der Waals surface area contributed by atoms with E-state index in [-0.39, 0.29) is 12.1 Å². The highest BCUT2D eigenvalue weighted by atomic mass is 32.1. The summed E-state index contributed by atoms with van der Waals surface area (Å²) < 4.78 is 13.2. The zero-order valence-electron chi connectivity index (χ0n) is 19.4. The first-order valence-corrected chi connectivity index (χ1v) is 11.9. The summed E-state index contributed by atoms with van der Waals surface area (Å²) in [6.45, 7) is 11.6. The SMILES string of the molecule is COCCn1c(C)cc([C@@H]2[C@@H](c3ccccn3)NC(=S)N2CCCN2CCOCC2)c1C. The van der Waals surface area contributed by atoms with Crippen LogP contribution in [-0.2, 0) is 16.0 Å². The highest BCUT2D eigenvalue weighted by molar-refractivity contribution is 7.80. The average molecular weight is 458 g/mol. The summed E-state index contributed by atoms with van der Waals surface area (Å²) in [5, 5.41) is 4.40. The third-order valence-electron chi connectivity index (χ3n) is 6.63. The molecule has 0 saturated carbocycles. The van der Waals surface area contributed by atoms with Crippen molar-refractivity contribution in [3.8, 4) is 0 Å². The fourth-order valence-corrected chi connectivity index (χ4v) is 5.26. The van der Waals surface area contributed by atoms with Crippen molar-refractivity contribution in [2.24, 2.45) is 0 Å². The molecule has 2 atom stereocenters. The number of aryl methyl sites for hydroxylation is 1. The first-order chi connectivity index (χ1) is 15.6. The summed E-state index contributed by atoms with van der Waals surface area (Å²) in [5.41, 5.74) is 4.86. The first-order valence-electron chi connectivity index (χ1n) is 11.5. The lowest BCUT2D eigenvalue weighted by molar-refractivity contribution is 0.0365. The van der Waals surface area contributed by atoms with E-state index >= 15 is 0 Å². The van der Waals surface area contributed by atoms with Crippen molar-refractivity contribution in [1.29, 1.82) is 0 Å². The van der Waals surface area contributed by atoms with Crippen molar-refractivity contribution in [3.05, 3.63) is 53.1 Å². The molecule has 2 aromatic heterocycles. The van der Waals surface area contributed by atoms with Crippen LogP contribution in [0.3, 0.4) is 0 Å². The maximum Gasteiger partial charge on any atom is 0.170 e. The molecule has 2 fully saturated rings. The van der Waals surface area contributed by atoms with Gasteiger partial charge in [-0.3, -0.25) is 9.88 Å². The van der Waals surface area contributed by atoms with E-state index < -0.39 is 0 Å². The molecule has 32 heavy (non-hydrogen) atoms. The predicted octanol–water partition coefficient (Wildman–Crippen LogP) is 2.84. The van der Waals surface area contributed by atoms with Crippen LogP contribution in [-0.4, -0.2) is 77.6 Å². The maximum atomic E-state index is 5.84. The van der Waals surface area contributed by atoms with Crippen molar-refractivity contribution in [2.45, 2.75) is 38.9 Å². The number of methoxy groups -OCH3 is 1. The number of thiocarbonyl (C=S) groups is 1. The number of hydrogen-bond acceptors (Lipinski definition) is 5. The number of ether oxygens (including phenoxy) is 2. The van der Waals surface area contributed by atoms with Gasteiger partial charge in [0.2, 0.25) is 0 Å². The Kier molecular flexibility index (Phi) is 7.78. The second kappa shape index (κ2) is 10.7. The third-order valence-corrected chi connectivity index (χ3v) is 6.98. The lowest BCUT2D eigenvalue weighted by Crippen LogP contribution is -2.39. The molecule has 7 nitrogen and oxygen atoms in total. The molecule has 0 bridgehead atoms. The summed E-state index contributed by atoms with van der Waals surface area (Å²) in [7, 11) is 1.75.